The highest BCUT2D eigenvalue weighted by Gasteiger charge is 2.22. The number of carbonyl (C=O) groups is 3. The molecule has 9 heteroatoms. The van der Waals surface area contributed by atoms with E-state index in [1.165, 1.54) is 16.9 Å². The monoisotopic (exact) mass is 410 g/mol. The second kappa shape index (κ2) is 10.1. The number of piperazine rings is 1. The van der Waals surface area contributed by atoms with Gasteiger partial charge in [0.2, 0.25) is 0 Å². The van der Waals surface area contributed by atoms with Crippen LogP contribution in [0.25, 0.3) is 0 Å². The molecule has 1 fully saturated rings. The summed E-state index contributed by atoms with van der Waals surface area (Å²) in [5.41, 5.74) is 1.22. The van der Waals surface area contributed by atoms with Crippen molar-refractivity contribution in [3.8, 4) is 0 Å². The Bertz CT molecular complexity index is 777. The van der Waals surface area contributed by atoms with E-state index in [-0.39, 0.29) is 5.91 Å². The van der Waals surface area contributed by atoms with Crippen molar-refractivity contribution in [1.82, 2.24) is 9.80 Å². The van der Waals surface area contributed by atoms with Crippen LogP contribution in [0.5, 0.6) is 0 Å². The Labute approximate surface area is 165 Å². The van der Waals surface area contributed by atoms with Crippen LogP contribution in [0.3, 0.4) is 0 Å². The van der Waals surface area contributed by atoms with E-state index in [1.807, 2.05) is 40.6 Å². The molecule has 144 valence electrons. The zero-order valence-corrected chi connectivity index (χ0v) is 15.9. The maximum Gasteiger partial charge on any atom is 0.414 e. The van der Waals surface area contributed by atoms with Crippen molar-refractivity contribution in [3.63, 3.8) is 0 Å². The van der Waals surface area contributed by atoms with E-state index in [0.29, 0.717) is 0 Å². The van der Waals surface area contributed by atoms with Crippen molar-refractivity contribution in [1.29, 1.82) is 0 Å². The van der Waals surface area contributed by atoms with Crippen molar-refractivity contribution in [2.45, 2.75) is 6.54 Å². The molecule has 27 heavy (non-hydrogen) atoms. The van der Waals surface area contributed by atoms with Crippen LogP contribution in [0, 0.1) is 0 Å². The van der Waals surface area contributed by atoms with Crippen LogP contribution >= 0.6 is 22.9 Å². The molecule has 0 aliphatic carbocycles. The smallest absolute Gasteiger partial charge is 0.414 e. The van der Waals surface area contributed by atoms with Gasteiger partial charge in [0.15, 0.2) is 0 Å². The predicted molar refractivity (Wildman–Crippen MR) is 102 cm³/mol. The first-order valence-corrected chi connectivity index (χ1v) is 9.38. The molecule has 2 aromatic rings. The maximum absolute atomic E-state index is 12.3. The Hall–Kier alpha value is -2.42. The highest BCUT2D eigenvalue weighted by Crippen LogP contribution is 2.16. The second-order valence-electron chi connectivity index (χ2n) is 5.79. The summed E-state index contributed by atoms with van der Waals surface area (Å²) in [6, 6.07) is 11.8. The number of thiophene rings is 1. The number of carbonyl (C=O) groups excluding carboxylic acids is 1. The molecule has 0 spiro atoms. The molecule has 2 N–H and O–H groups in total. The van der Waals surface area contributed by atoms with Gasteiger partial charge < -0.3 is 15.1 Å². The fraction of sp³-hybridized carbons (Fsp3) is 0.278. The molecule has 1 saturated heterocycles. The molecule has 1 aromatic carbocycles. The summed E-state index contributed by atoms with van der Waals surface area (Å²) in [6.07, 6.45) is 0. The minimum Gasteiger partial charge on any atom is -0.473 e. The van der Waals surface area contributed by atoms with Gasteiger partial charge in [-0.2, -0.15) is 0 Å². The second-order valence-corrected chi connectivity index (χ2v) is 7.17. The molecule has 2 heterocycles. The molecule has 7 nitrogen and oxygen atoms in total. The van der Waals surface area contributed by atoms with E-state index in [2.05, 4.69) is 11.0 Å². The summed E-state index contributed by atoms with van der Waals surface area (Å²) < 4.78 is 0. The van der Waals surface area contributed by atoms with Crippen molar-refractivity contribution in [2.75, 3.05) is 26.2 Å². The van der Waals surface area contributed by atoms with Crippen LogP contribution in [0.4, 0.5) is 0 Å². The Morgan fingerprint density at radius 1 is 1.00 bits per heavy atom. The fourth-order valence-electron chi connectivity index (χ4n) is 2.56. The van der Waals surface area contributed by atoms with Gasteiger partial charge in [-0.15, -0.1) is 11.3 Å². The van der Waals surface area contributed by atoms with Crippen molar-refractivity contribution >= 4 is 40.8 Å². The molecule has 0 saturated carbocycles. The largest absolute Gasteiger partial charge is 0.473 e. The van der Waals surface area contributed by atoms with Gasteiger partial charge in [-0.1, -0.05) is 29.8 Å². The topological polar surface area (TPSA) is 98.1 Å². The zero-order valence-electron chi connectivity index (χ0n) is 14.4. The molecule has 0 atom stereocenters. The molecule has 1 aromatic heterocycles. The number of halogens is 1. The summed E-state index contributed by atoms with van der Waals surface area (Å²) in [6.45, 7) is 4.28. The maximum atomic E-state index is 12.3. The number of carboxylic acids is 2. The van der Waals surface area contributed by atoms with Gasteiger partial charge in [0.1, 0.15) is 0 Å². The average molecular weight is 411 g/mol. The van der Waals surface area contributed by atoms with E-state index in [4.69, 9.17) is 31.4 Å². The van der Waals surface area contributed by atoms with Crippen molar-refractivity contribution in [2.24, 2.45) is 0 Å². The Kier molecular flexibility index (Phi) is 7.78. The van der Waals surface area contributed by atoms with Crippen molar-refractivity contribution < 1.29 is 24.6 Å². The molecule has 3 rings (SSSR count). The highest BCUT2D eigenvalue weighted by molar-refractivity contribution is 7.12. The van der Waals surface area contributed by atoms with E-state index < -0.39 is 11.9 Å². The third kappa shape index (κ3) is 6.67. The number of rotatable bonds is 3. The third-order valence-electron chi connectivity index (χ3n) is 3.87. The number of benzene rings is 1. The number of aliphatic carboxylic acids is 2. The molecule has 1 aliphatic heterocycles. The molecule has 0 bridgehead atoms. The molecule has 1 amide bonds. The van der Waals surface area contributed by atoms with Crippen LogP contribution in [0.1, 0.15) is 15.2 Å². The van der Waals surface area contributed by atoms with Crippen LogP contribution in [0.2, 0.25) is 5.02 Å². The normalized spacial score (nSPS) is 14.2. The van der Waals surface area contributed by atoms with Gasteiger partial charge in [-0.3, -0.25) is 9.69 Å². The van der Waals surface area contributed by atoms with Gasteiger partial charge in [0.05, 0.1) is 4.88 Å². The summed E-state index contributed by atoms with van der Waals surface area (Å²) in [7, 11) is 0. The van der Waals surface area contributed by atoms with Gasteiger partial charge in [0.25, 0.3) is 5.91 Å². The Morgan fingerprint density at radius 3 is 2.19 bits per heavy atom. The SMILES string of the molecule is O=C(O)C(=O)O.O=C(c1cccs1)N1CCN(Cc2cccc(Cl)c2)CC1. The average Bonchev–Trinajstić information content (AvgIpc) is 3.17. The van der Waals surface area contributed by atoms with Gasteiger partial charge in [-0.05, 0) is 29.1 Å². The first-order valence-electron chi connectivity index (χ1n) is 8.12. The quantitative estimate of drug-likeness (QED) is 0.754. The lowest BCUT2D eigenvalue weighted by molar-refractivity contribution is -0.159. The van der Waals surface area contributed by atoms with E-state index in [9.17, 15) is 4.79 Å². The van der Waals surface area contributed by atoms with Crippen LogP contribution in [0.15, 0.2) is 41.8 Å². The lowest BCUT2D eigenvalue weighted by atomic mass is 10.2. The van der Waals surface area contributed by atoms with Crippen molar-refractivity contribution in [3.05, 3.63) is 57.2 Å². The van der Waals surface area contributed by atoms with Gasteiger partial charge in [-0.25, -0.2) is 9.59 Å². The van der Waals surface area contributed by atoms with Crippen LogP contribution in [-0.2, 0) is 16.1 Å². The predicted octanol–water partition coefficient (Wildman–Crippen LogP) is 2.52. The summed E-state index contributed by atoms with van der Waals surface area (Å²) in [5.74, 6) is -3.49. The van der Waals surface area contributed by atoms with E-state index in [0.717, 1.165) is 42.6 Å². The summed E-state index contributed by atoms with van der Waals surface area (Å²) in [5, 5.41) is 17.5. The molecule has 0 unspecified atom stereocenters. The highest BCUT2D eigenvalue weighted by atomic mass is 35.5. The summed E-state index contributed by atoms with van der Waals surface area (Å²) >= 11 is 7.52. The number of nitrogens with zero attached hydrogens (tertiary/aromatic N) is 2. The fourth-order valence-corrected chi connectivity index (χ4v) is 3.46. The molecule has 0 radical (unpaired) electrons. The lowest BCUT2D eigenvalue weighted by Gasteiger charge is -2.34. The van der Waals surface area contributed by atoms with Crippen LogP contribution in [-0.4, -0.2) is 64.0 Å². The lowest BCUT2D eigenvalue weighted by Crippen LogP contribution is -2.48. The third-order valence-corrected chi connectivity index (χ3v) is 4.96. The van der Waals surface area contributed by atoms with Gasteiger partial charge in [0, 0.05) is 37.7 Å². The first-order chi connectivity index (χ1) is 12.9. The minimum atomic E-state index is -1.82. The van der Waals surface area contributed by atoms with E-state index in [1.54, 1.807) is 0 Å². The molecule has 1 aliphatic rings. The van der Waals surface area contributed by atoms with Crippen LogP contribution < -0.4 is 0 Å². The standard InChI is InChI=1S/C16H17ClN2OS.C2H2O4/c17-14-4-1-3-13(11-14)12-18-6-8-19(9-7-18)16(20)15-5-2-10-21-15;3-1(4)2(5)6/h1-5,10-11H,6-9,12H2;(H,3,4)(H,5,6). The molecular formula is C18H19ClN2O5S. The minimum absolute atomic E-state index is 0.160. The Morgan fingerprint density at radius 2 is 1.67 bits per heavy atom. The molecular weight excluding hydrogens is 392 g/mol. The number of hydrogen-bond acceptors (Lipinski definition) is 5. The number of amides is 1. The number of hydrogen-bond donors (Lipinski definition) is 2. The first kappa shape index (κ1) is 20.9. The van der Waals surface area contributed by atoms with E-state index >= 15 is 0 Å². The summed E-state index contributed by atoms with van der Waals surface area (Å²) in [4.78, 5) is 35.6. The van der Waals surface area contributed by atoms with Gasteiger partial charge >= 0.3 is 11.9 Å². The number of carboxylic acid groups (broad SMARTS) is 2. The Balaban J connectivity index is 0.000000380. The zero-order chi connectivity index (χ0) is 19.8.